The van der Waals surface area contributed by atoms with Crippen LogP contribution in [0.3, 0.4) is 0 Å². The quantitative estimate of drug-likeness (QED) is 0.399. The van der Waals surface area contributed by atoms with Gasteiger partial charge in [0.2, 0.25) is 0 Å². The van der Waals surface area contributed by atoms with E-state index in [-0.39, 0.29) is 42.2 Å². The van der Waals surface area contributed by atoms with E-state index < -0.39 is 21.9 Å². The fourth-order valence-electron chi connectivity index (χ4n) is 5.57. The molecule has 0 amide bonds. The van der Waals surface area contributed by atoms with E-state index in [2.05, 4.69) is 4.72 Å². The normalized spacial score (nSPS) is 19.1. The van der Waals surface area contributed by atoms with Crippen molar-refractivity contribution in [2.45, 2.75) is 37.8 Å². The lowest BCUT2D eigenvalue weighted by molar-refractivity contribution is -0.137. The number of halogens is 5. The van der Waals surface area contributed by atoms with Crippen LogP contribution in [0.1, 0.15) is 46.6 Å². The van der Waals surface area contributed by atoms with Gasteiger partial charge in [0, 0.05) is 19.0 Å². The number of hydrogen-bond donors (Lipinski definition) is 1. The zero-order valence-corrected chi connectivity index (χ0v) is 20.5. The van der Waals surface area contributed by atoms with E-state index in [0.717, 1.165) is 40.5 Å². The number of aryl methyl sites for hydroxylation is 2. The van der Waals surface area contributed by atoms with E-state index in [0.29, 0.717) is 25.7 Å². The Hall–Kier alpha value is -2.98. The summed E-state index contributed by atoms with van der Waals surface area (Å²) in [7, 11) is -4.15. The van der Waals surface area contributed by atoms with Crippen molar-refractivity contribution < 1.29 is 30.4 Å². The van der Waals surface area contributed by atoms with Gasteiger partial charge >= 0.3 is 16.4 Å². The third-order valence-corrected chi connectivity index (χ3v) is 8.72. The molecular formula is C27H25F5N2O2S. The summed E-state index contributed by atoms with van der Waals surface area (Å²) in [5, 5.41) is 0. The molecule has 1 atom stereocenters. The van der Waals surface area contributed by atoms with Crippen LogP contribution in [0.4, 0.5) is 27.6 Å². The second-order valence-electron chi connectivity index (χ2n) is 9.61. The maximum Gasteiger partial charge on any atom is 0.416 e. The molecule has 0 bridgehead atoms. The van der Waals surface area contributed by atoms with E-state index in [1.807, 2.05) is 0 Å². The molecule has 4 nitrogen and oxygen atoms in total. The predicted octanol–water partition coefficient (Wildman–Crippen LogP) is 6.28. The minimum Gasteiger partial charge on any atom is -0.271 e. The second-order valence-corrected chi connectivity index (χ2v) is 11.3. The van der Waals surface area contributed by atoms with E-state index >= 15 is 0 Å². The summed E-state index contributed by atoms with van der Waals surface area (Å²) in [5.74, 6) is -1.21. The Labute approximate surface area is 212 Å². The average Bonchev–Trinajstić information content (AvgIpc) is 3.00. The summed E-state index contributed by atoms with van der Waals surface area (Å²) in [6.45, 7) is 0.330. The van der Waals surface area contributed by atoms with Crippen LogP contribution < -0.4 is 4.72 Å². The topological polar surface area (TPSA) is 49.4 Å². The Morgan fingerprint density at radius 2 is 1.49 bits per heavy atom. The minimum atomic E-state index is -4.60. The molecule has 1 aliphatic carbocycles. The molecule has 3 aromatic rings. The van der Waals surface area contributed by atoms with Crippen LogP contribution >= 0.6 is 0 Å². The van der Waals surface area contributed by atoms with Crippen molar-refractivity contribution in [2.24, 2.45) is 5.92 Å². The molecule has 0 radical (unpaired) electrons. The number of benzene rings is 3. The summed E-state index contributed by atoms with van der Waals surface area (Å²) >= 11 is 0. The lowest BCUT2D eigenvalue weighted by Crippen LogP contribution is -2.44. The number of hydrogen-bond acceptors (Lipinski definition) is 2. The summed E-state index contributed by atoms with van der Waals surface area (Å²) < 4.78 is 97.5. The van der Waals surface area contributed by atoms with Gasteiger partial charge in [-0.25, -0.2) is 8.78 Å². The minimum absolute atomic E-state index is 0.118. The molecule has 1 heterocycles. The van der Waals surface area contributed by atoms with Gasteiger partial charge in [-0.3, -0.25) is 4.72 Å². The molecule has 0 aromatic heterocycles. The van der Waals surface area contributed by atoms with Crippen molar-refractivity contribution in [3.63, 3.8) is 0 Å². The Morgan fingerprint density at radius 1 is 0.865 bits per heavy atom. The average molecular weight is 537 g/mol. The fraction of sp³-hybridized carbons (Fsp3) is 0.333. The Bertz CT molecular complexity index is 1370. The van der Waals surface area contributed by atoms with Gasteiger partial charge in [-0.05, 0) is 96.3 Å². The number of piperidine rings is 1. The van der Waals surface area contributed by atoms with Crippen LogP contribution in [0.2, 0.25) is 0 Å². The molecule has 1 aliphatic heterocycles. The number of fused-ring (bicyclic) bond motifs is 2. The Morgan fingerprint density at radius 3 is 2.08 bits per heavy atom. The van der Waals surface area contributed by atoms with Crippen LogP contribution in [0.25, 0.3) is 0 Å². The lowest BCUT2D eigenvalue weighted by atomic mass is 9.75. The first-order chi connectivity index (χ1) is 17.5. The predicted molar refractivity (Wildman–Crippen MR) is 130 cm³/mol. The van der Waals surface area contributed by atoms with Crippen LogP contribution in [0, 0.1) is 17.6 Å². The third kappa shape index (κ3) is 5.36. The van der Waals surface area contributed by atoms with Gasteiger partial charge in [-0.1, -0.05) is 18.2 Å². The van der Waals surface area contributed by atoms with Crippen molar-refractivity contribution in [2.75, 3.05) is 17.8 Å². The number of rotatable bonds is 4. The largest absolute Gasteiger partial charge is 0.416 e. The highest BCUT2D eigenvalue weighted by atomic mass is 32.2. The van der Waals surface area contributed by atoms with E-state index in [1.54, 1.807) is 12.1 Å². The third-order valence-electron chi connectivity index (χ3n) is 7.21. The number of alkyl halides is 3. The molecule has 196 valence electrons. The fourth-order valence-corrected chi connectivity index (χ4v) is 6.88. The first-order valence-corrected chi connectivity index (χ1v) is 13.5. The van der Waals surface area contributed by atoms with E-state index in [9.17, 15) is 30.4 Å². The number of anilines is 1. The van der Waals surface area contributed by atoms with E-state index in [1.165, 1.54) is 34.6 Å². The maximum atomic E-state index is 14.1. The Kier molecular flexibility index (Phi) is 6.74. The molecule has 1 unspecified atom stereocenters. The van der Waals surface area contributed by atoms with Crippen LogP contribution in [-0.2, 0) is 29.2 Å². The Balaban J connectivity index is 1.46. The highest BCUT2D eigenvalue weighted by Crippen LogP contribution is 2.43. The molecular weight excluding hydrogens is 511 g/mol. The maximum absolute atomic E-state index is 14.1. The zero-order chi connectivity index (χ0) is 26.4. The van der Waals surface area contributed by atoms with Gasteiger partial charge < -0.3 is 0 Å². The molecule has 1 fully saturated rings. The molecule has 0 spiro atoms. The molecule has 3 aromatic carbocycles. The lowest BCUT2D eigenvalue weighted by Gasteiger charge is -2.37. The van der Waals surface area contributed by atoms with Crippen LogP contribution in [0.5, 0.6) is 0 Å². The molecule has 1 saturated heterocycles. The molecule has 10 heteroatoms. The van der Waals surface area contributed by atoms with Crippen LogP contribution in [0.15, 0.2) is 60.7 Å². The molecule has 0 saturated carbocycles. The number of nitrogens with zero attached hydrogens (tertiary/aromatic N) is 1. The highest BCUT2D eigenvalue weighted by molar-refractivity contribution is 7.90. The van der Waals surface area contributed by atoms with E-state index in [4.69, 9.17) is 0 Å². The van der Waals surface area contributed by atoms with Crippen molar-refractivity contribution in [3.05, 3.63) is 100 Å². The summed E-state index contributed by atoms with van der Waals surface area (Å²) in [6.07, 6.45) is -2.31. The summed E-state index contributed by atoms with van der Waals surface area (Å²) in [4.78, 5) is 0. The smallest absolute Gasteiger partial charge is 0.271 e. The van der Waals surface area contributed by atoms with Crippen molar-refractivity contribution in [3.8, 4) is 0 Å². The van der Waals surface area contributed by atoms with Crippen molar-refractivity contribution in [1.82, 2.24) is 4.31 Å². The first kappa shape index (κ1) is 25.7. The molecule has 1 N–H and O–H groups in total. The summed E-state index contributed by atoms with van der Waals surface area (Å²) in [6, 6.07) is 13.2. The van der Waals surface area contributed by atoms with Gasteiger partial charge in [0.25, 0.3) is 0 Å². The highest BCUT2D eigenvalue weighted by Gasteiger charge is 2.37. The molecule has 5 rings (SSSR count). The molecule has 2 aliphatic rings. The summed E-state index contributed by atoms with van der Waals surface area (Å²) in [5.41, 5.74) is 2.28. The van der Waals surface area contributed by atoms with Gasteiger partial charge in [0.1, 0.15) is 11.6 Å². The van der Waals surface area contributed by atoms with Gasteiger partial charge in [0.05, 0.1) is 11.3 Å². The standard InChI is InChI=1S/C27H25F5N2O2S/c28-21-8-10-24-17(13-21)6-7-18-14-22(29)9-11-25(18)26(24)19-3-2-12-34(16-19)37(35,36)33-23-5-1-4-20(15-23)27(30,31)32/h1,4-5,8-11,13-15,19,26,33H,2-3,6-7,12,16H2. The van der Waals surface area contributed by atoms with Gasteiger partial charge in [-0.2, -0.15) is 25.9 Å². The monoisotopic (exact) mass is 536 g/mol. The van der Waals surface area contributed by atoms with Gasteiger partial charge in [0.15, 0.2) is 0 Å². The van der Waals surface area contributed by atoms with Crippen molar-refractivity contribution in [1.29, 1.82) is 0 Å². The van der Waals surface area contributed by atoms with Crippen LogP contribution in [-0.4, -0.2) is 25.8 Å². The van der Waals surface area contributed by atoms with Crippen molar-refractivity contribution >= 4 is 15.9 Å². The second kappa shape index (κ2) is 9.72. The van der Waals surface area contributed by atoms with Gasteiger partial charge in [-0.15, -0.1) is 0 Å². The zero-order valence-electron chi connectivity index (χ0n) is 19.7. The molecule has 37 heavy (non-hydrogen) atoms. The first-order valence-electron chi connectivity index (χ1n) is 12.0. The SMILES string of the molecule is O=S(=O)(Nc1cccc(C(F)(F)F)c1)N1CCCC(C2c3ccc(F)cc3CCc3cc(F)ccc32)C1. The number of nitrogens with one attached hydrogen (secondary N) is 1.